The first kappa shape index (κ1) is 24.9. The van der Waals surface area contributed by atoms with Gasteiger partial charge < -0.3 is 29.5 Å². The summed E-state index contributed by atoms with van der Waals surface area (Å²) in [5, 5.41) is 25.0. The summed E-state index contributed by atoms with van der Waals surface area (Å²) in [7, 11) is 1.64. The summed E-state index contributed by atoms with van der Waals surface area (Å²) >= 11 is 0. The molecule has 1 unspecified atom stereocenters. The van der Waals surface area contributed by atoms with Gasteiger partial charge in [-0.05, 0) is 62.3 Å². The zero-order valence-electron chi connectivity index (χ0n) is 18.0. The number of hydrogen-bond donors (Lipinski definition) is 3. The topological polar surface area (TPSA) is 135 Å². The summed E-state index contributed by atoms with van der Waals surface area (Å²) in [6, 6.07) is 9.46. The average Bonchev–Trinajstić information content (AvgIpc) is 3.30. The molecule has 9 nitrogen and oxygen atoms in total. The Morgan fingerprint density at radius 3 is 2.44 bits per heavy atom. The van der Waals surface area contributed by atoms with Gasteiger partial charge in [0.25, 0.3) is 0 Å². The van der Waals surface area contributed by atoms with Gasteiger partial charge in [-0.25, -0.2) is 9.59 Å². The minimum absolute atomic E-state index is 0.245. The number of carboxylic acid groups (broad SMARTS) is 2. The number of aliphatic hydroxyl groups excluding tert-OH is 1. The fourth-order valence-corrected chi connectivity index (χ4v) is 3.18. The summed E-state index contributed by atoms with van der Waals surface area (Å²) in [6.45, 7) is 0.245. The molecule has 3 N–H and O–H groups in total. The van der Waals surface area contributed by atoms with Crippen LogP contribution in [0.15, 0.2) is 42.7 Å². The Morgan fingerprint density at radius 1 is 1.12 bits per heavy atom. The molecule has 1 aliphatic rings. The maximum Gasteiger partial charge on any atom is 0.414 e. The lowest BCUT2D eigenvalue weighted by Crippen LogP contribution is -2.18. The monoisotopic (exact) mass is 447 g/mol. The molecule has 2 aromatic rings. The number of aromatic nitrogens is 1. The Bertz CT molecular complexity index is 840. The van der Waals surface area contributed by atoms with Gasteiger partial charge >= 0.3 is 11.9 Å². The van der Waals surface area contributed by atoms with Gasteiger partial charge in [0.2, 0.25) is 0 Å². The molecule has 1 aromatic carbocycles. The number of methoxy groups -OCH3 is 1. The van der Waals surface area contributed by atoms with E-state index in [0.29, 0.717) is 23.7 Å². The molecule has 3 rings (SSSR count). The maximum atomic E-state index is 10.2. The molecule has 0 amide bonds. The molecule has 0 saturated heterocycles. The summed E-state index contributed by atoms with van der Waals surface area (Å²) < 4.78 is 17.2. The number of pyridine rings is 1. The molecule has 0 spiro atoms. The Labute approximate surface area is 186 Å². The molecule has 0 aliphatic heterocycles. The lowest BCUT2D eigenvalue weighted by molar-refractivity contribution is -0.159. The van der Waals surface area contributed by atoms with Crippen LogP contribution in [0.4, 0.5) is 0 Å². The molecule has 0 bridgehead atoms. The molecular formula is C23H29NO8. The van der Waals surface area contributed by atoms with Crippen molar-refractivity contribution in [1.29, 1.82) is 0 Å². The van der Waals surface area contributed by atoms with Crippen LogP contribution in [0.25, 0.3) is 0 Å². The van der Waals surface area contributed by atoms with Gasteiger partial charge in [-0.15, -0.1) is 0 Å². The highest BCUT2D eigenvalue weighted by atomic mass is 16.5. The van der Waals surface area contributed by atoms with Gasteiger partial charge in [-0.2, -0.15) is 0 Å². The molecule has 1 aromatic heterocycles. The van der Waals surface area contributed by atoms with Crippen molar-refractivity contribution in [2.45, 2.75) is 50.7 Å². The number of ether oxygens (including phenoxy) is 3. The molecular weight excluding hydrogens is 418 g/mol. The lowest BCUT2D eigenvalue weighted by Gasteiger charge is -2.18. The van der Waals surface area contributed by atoms with Crippen LogP contribution < -0.4 is 14.2 Å². The van der Waals surface area contributed by atoms with E-state index in [0.717, 1.165) is 24.8 Å². The molecule has 1 fully saturated rings. The van der Waals surface area contributed by atoms with E-state index < -0.39 is 18.0 Å². The van der Waals surface area contributed by atoms with Crippen LogP contribution in [0.3, 0.4) is 0 Å². The number of hydrogen-bond acceptors (Lipinski definition) is 7. The van der Waals surface area contributed by atoms with Crippen LogP contribution in [0.2, 0.25) is 0 Å². The van der Waals surface area contributed by atoms with Crippen molar-refractivity contribution < 1.29 is 39.1 Å². The van der Waals surface area contributed by atoms with Gasteiger partial charge in [-0.1, -0.05) is 6.07 Å². The van der Waals surface area contributed by atoms with E-state index >= 15 is 0 Å². The normalized spacial score (nSPS) is 14.1. The predicted octanol–water partition coefficient (Wildman–Crippen LogP) is 2.94. The highest BCUT2D eigenvalue weighted by Crippen LogP contribution is 2.34. The third kappa shape index (κ3) is 8.81. The van der Waals surface area contributed by atoms with Crippen LogP contribution in [0.5, 0.6) is 17.2 Å². The van der Waals surface area contributed by atoms with Crippen LogP contribution >= 0.6 is 0 Å². The highest BCUT2D eigenvalue weighted by Gasteiger charge is 2.19. The molecule has 1 atom stereocenters. The van der Waals surface area contributed by atoms with Crippen molar-refractivity contribution in [2.75, 3.05) is 13.7 Å². The second-order valence-electron chi connectivity index (χ2n) is 7.31. The number of aliphatic hydroxyl groups is 1. The molecule has 174 valence electrons. The van der Waals surface area contributed by atoms with Crippen molar-refractivity contribution in [2.24, 2.45) is 0 Å². The molecule has 1 heterocycles. The largest absolute Gasteiger partial charge is 0.493 e. The van der Waals surface area contributed by atoms with Crippen molar-refractivity contribution in [3.8, 4) is 17.2 Å². The lowest BCUT2D eigenvalue weighted by atomic mass is 10.1. The van der Waals surface area contributed by atoms with Crippen molar-refractivity contribution >= 4 is 11.9 Å². The zero-order valence-corrected chi connectivity index (χ0v) is 18.0. The van der Waals surface area contributed by atoms with Crippen molar-refractivity contribution in [3.63, 3.8) is 0 Å². The fourth-order valence-electron chi connectivity index (χ4n) is 3.18. The van der Waals surface area contributed by atoms with E-state index in [4.69, 9.17) is 34.0 Å². The molecule has 32 heavy (non-hydrogen) atoms. The Hall–Kier alpha value is -3.33. The van der Waals surface area contributed by atoms with E-state index in [9.17, 15) is 5.11 Å². The number of aryl methyl sites for hydroxylation is 1. The van der Waals surface area contributed by atoms with Crippen molar-refractivity contribution in [3.05, 3.63) is 48.3 Å². The van der Waals surface area contributed by atoms with Crippen molar-refractivity contribution in [1.82, 2.24) is 4.98 Å². The highest BCUT2D eigenvalue weighted by molar-refractivity contribution is 6.27. The van der Waals surface area contributed by atoms with Crippen LogP contribution in [-0.2, 0) is 16.0 Å². The number of benzene rings is 1. The number of aliphatic carboxylic acids is 2. The standard InChI is InChI=1S/C21H27NO4.C2H2O4/c1-24-20-11-10-19(13-21(20)26-18-6-2-3-7-18)25-15-17(23)9-8-16-5-4-12-22-14-16;3-1(4)2(5)6/h4-5,10-14,17-18,23H,2-3,6-9,15H2,1H3;(H,3,4)(H,5,6). The number of nitrogens with zero attached hydrogens (tertiary/aromatic N) is 1. The van der Waals surface area contributed by atoms with Crippen LogP contribution in [-0.4, -0.2) is 58.2 Å². The first-order valence-corrected chi connectivity index (χ1v) is 10.4. The molecule has 0 radical (unpaired) electrons. The molecule has 1 saturated carbocycles. The fraction of sp³-hybridized carbons (Fsp3) is 0.435. The van der Waals surface area contributed by atoms with E-state index in [1.165, 1.54) is 12.8 Å². The van der Waals surface area contributed by atoms with Gasteiger partial charge in [0.1, 0.15) is 12.4 Å². The average molecular weight is 447 g/mol. The molecule has 1 aliphatic carbocycles. The SMILES string of the molecule is COc1ccc(OCC(O)CCc2cccnc2)cc1OC1CCCC1.O=C(O)C(=O)O. The summed E-state index contributed by atoms with van der Waals surface area (Å²) in [4.78, 5) is 22.3. The quantitative estimate of drug-likeness (QED) is 0.496. The second kappa shape index (κ2) is 13.2. The van der Waals surface area contributed by atoms with E-state index in [2.05, 4.69) is 4.98 Å². The minimum Gasteiger partial charge on any atom is -0.493 e. The van der Waals surface area contributed by atoms with Gasteiger partial charge in [0.05, 0.1) is 19.3 Å². The van der Waals surface area contributed by atoms with Crippen LogP contribution in [0, 0.1) is 0 Å². The van der Waals surface area contributed by atoms with Gasteiger partial charge in [0, 0.05) is 18.5 Å². The maximum absolute atomic E-state index is 10.2. The Morgan fingerprint density at radius 2 is 1.84 bits per heavy atom. The summed E-state index contributed by atoms with van der Waals surface area (Å²) in [5.74, 6) is -1.55. The number of rotatable bonds is 9. The number of carbonyl (C=O) groups is 2. The molecule has 9 heteroatoms. The first-order chi connectivity index (χ1) is 15.4. The Balaban J connectivity index is 0.000000534. The smallest absolute Gasteiger partial charge is 0.414 e. The third-order valence-corrected chi connectivity index (χ3v) is 4.85. The zero-order chi connectivity index (χ0) is 23.3. The van der Waals surface area contributed by atoms with Crippen LogP contribution in [0.1, 0.15) is 37.7 Å². The second-order valence-corrected chi connectivity index (χ2v) is 7.31. The minimum atomic E-state index is -1.82. The van der Waals surface area contributed by atoms with E-state index in [1.807, 2.05) is 36.5 Å². The first-order valence-electron chi connectivity index (χ1n) is 10.4. The third-order valence-electron chi connectivity index (χ3n) is 4.85. The van der Waals surface area contributed by atoms with Gasteiger partial charge in [-0.3, -0.25) is 4.98 Å². The van der Waals surface area contributed by atoms with E-state index in [-0.39, 0.29) is 12.7 Å². The Kier molecular flexibility index (Phi) is 10.3. The predicted molar refractivity (Wildman–Crippen MR) is 115 cm³/mol. The number of carboxylic acids is 2. The summed E-state index contributed by atoms with van der Waals surface area (Å²) in [6.07, 6.45) is 9.30. The van der Waals surface area contributed by atoms with E-state index in [1.54, 1.807) is 13.3 Å². The van der Waals surface area contributed by atoms with Gasteiger partial charge in [0.15, 0.2) is 11.5 Å². The summed E-state index contributed by atoms with van der Waals surface area (Å²) in [5.41, 5.74) is 1.11.